The second kappa shape index (κ2) is 3.17. The average Bonchev–Trinajstić information content (AvgIpc) is 2.25. The second-order valence-electron chi connectivity index (χ2n) is 3.19. The lowest BCUT2D eigenvalue weighted by atomic mass is 10.3. The molecule has 0 spiro atoms. The van der Waals surface area contributed by atoms with Gasteiger partial charge in [-0.3, -0.25) is 4.99 Å². The summed E-state index contributed by atoms with van der Waals surface area (Å²) in [6, 6.07) is 4.68. The smallest absolute Gasteiger partial charge is 0.124 e. The Bertz CT molecular complexity index is 425. The maximum atomic E-state index is 12.9. The molecule has 1 aromatic rings. The minimum Gasteiger partial charge on any atom is -0.378 e. The molecule has 0 saturated heterocycles. The van der Waals surface area contributed by atoms with Crippen LogP contribution in [0.25, 0.3) is 6.20 Å². The van der Waals surface area contributed by atoms with Crippen LogP contribution < -0.4 is 10.6 Å². The molecule has 0 amide bonds. The fourth-order valence-corrected chi connectivity index (χ4v) is 1.40. The van der Waals surface area contributed by atoms with Gasteiger partial charge >= 0.3 is 0 Å². The van der Waals surface area contributed by atoms with Crippen molar-refractivity contribution in [3.8, 4) is 0 Å². The van der Waals surface area contributed by atoms with Gasteiger partial charge in [-0.15, -0.1) is 0 Å². The molecule has 0 atom stereocenters. The maximum Gasteiger partial charge on any atom is 0.124 e. The molecule has 0 radical (unpaired) electrons. The average molecular weight is 178 g/mol. The van der Waals surface area contributed by atoms with Gasteiger partial charge in [0.1, 0.15) is 5.82 Å². The van der Waals surface area contributed by atoms with E-state index in [1.807, 2.05) is 18.1 Å². The normalized spacial score (nSPS) is 15.4. The molecule has 0 N–H and O–H groups in total. The van der Waals surface area contributed by atoms with Crippen LogP contribution in [0.15, 0.2) is 23.2 Å². The van der Waals surface area contributed by atoms with Crippen LogP contribution in [0.1, 0.15) is 0 Å². The lowest BCUT2D eigenvalue weighted by Crippen LogP contribution is -2.26. The Morgan fingerprint density at radius 2 is 2.31 bits per heavy atom. The number of hydrogen-bond donors (Lipinski definition) is 0. The molecule has 1 aromatic carbocycles. The zero-order valence-corrected chi connectivity index (χ0v) is 7.50. The van der Waals surface area contributed by atoms with E-state index in [0.717, 1.165) is 23.7 Å². The Hall–Kier alpha value is -1.38. The van der Waals surface area contributed by atoms with Crippen LogP contribution in [-0.2, 0) is 0 Å². The van der Waals surface area contributed by atoms with Crippen molar-refractivity contribution in [2.75, 3.05) is 20.1 Å². The lowest BCUT2D eigenvalue weighted by Gasteiger charge is -2.08. The zero-order chi connectivity index (χ0) is 9.26. The first-order valence-electron chi connectivity index (χ1n) is 4.28. The van der Waals surface area contributed by atoms with Crippen LogP contribution in [0.5, 0.6) is 0 Å². The van der Waals surface area contributed by atoms with E-state index in [2.05, 4.69) is 4.99 Å². The second-order valence-corrected chi connectivity index (χ2v) is 3.19. The van der Waals surface area contributed by atoms with E-state index in [9.17, 15) is 4.39 Å². The van der Waals surface area contributed by atoms with Crippen molar-refractivity contribution in [2.24, 2.45) is 4.99 Å². The van der Waals surface area contributed by atoms with Gasteiger partial charge in [-0.05, 0) is 18.2 Å². The van der Waals surface area contributed by atoms with Crippen molar-refractivity contribution in [3.63, 3.8) is 0 Å². The van der Waals surface area contributed by atoms with Crippen LogP contribution >= 0.6 is 0 Å². The molecule has 0 fully saturated rings. The number of likely N-dealkylation sites (N-methyl/N-ethyl adjacent to an activating group) is 1. The molecule has 2 nitrogen and oxygen atoms in total. The predicted molar refractivity (Wildman–Crippen MR) is 49.1 cm³/mol. The molecular formula is C10H11FN2. The first kappa shape index (κ1) is 8.23. The summed E-state index contributed by atoms with van der Waals surface area (Å²) in [6.07, 6.45) is 1.93. The third kappa shape index (κ3) is 1.69. The van der Waals surface area contributed by atoms with E-state index in [4.69, 9.17) is 0 Å². The zero-order valence-electron chi connectivity index (χ0n) is 7.50. The summed E-state index contributed by atoms with van der Waals surface area (Å²) in [5.74, 6) is -0.208. The van der Waals surface area contributed by atoms with Gasteiger partial charge in [-0.1, -0.05) is 0 Å². The predicted octanol–water partition coefficient (Wildman–Crippen LogP) is 0.129. The molecule has 13 heavy (non-hydrogen) atoms. The van der Waals surface area contributed by atoms with Gasteiger partial charge in [0, 0.05) is 25.0 Å². The summed E-state index contributed by atoms with van der Waals surface area (Å²) in [5.41, 5.74) is 0. The number of halogens is 1. The quantitative estimate of drug-likeness (QED) is 0.551. The van der Waals surface area contributed by atoms with Gasteiger partial charge in [-0.2, -0.15) is 0 Å². The highest BCUT2D eigenvalue weighted by atomic mass is 19.1. The van der Waals surface area contributed by atoms with Crippen molar-refractivity contribution >= 4 is 6.20 Å². The van der Waals surface area contributed by atoms with Crippen LogP contribution in [0.3, 0.4) is 0 Å². The van der Waals surface area contributed by atoms with Crippen molar-refractivity contribution in [3.05, 3.63) is 34.6 Å². The van der Waals surface area contributed by atoms with Gasteiger partial charge in [0.05, 0.1) is 11.9 Å². The summed E-state index contributed by atoms with van der Waals surface area (Å²) >= 11 is 0. The topological polar surface area (TPSA) is 15.6 Å². The van der Waals surface area contributed by atoms with Crippen molar-refractivity contribution in [1.82, 2.24) is 4.90 Å². The van der Waals surface area contributed by atoms with Crippen LogP contribution in [0, 0.1) is 5.82 Å². The lowest BCUT2D eigenvalue weighted by molar-refractivity contribution is 0.511. The summed E-state index contributed by atoms with van der Waals surface area (Å²) in [4.78, 5) is 6.36. The van der Waals surface area contributed by atoms with E-state index in [1.165, 1.54) is 12.1 Å². The Kier molecular flexibility index (Phi) is 2.00. The van der Waals surface area contributed by atoms with E-state index in [0.29, 0.717) is 0 Å². The Balaban J connectivity index is 2.69. The van der Waals surface area contributed by atoms with Gasteiger partial charge in [0.15, 0.2) is 0 Å². The van der Waals surface area contributed by atoms with E-state index >= 15 is 0 Å². The summed E-state index contributed by atoms with van der Waals surface area (Å²) in [7, 11) is 1.97. The summed E-state index contributed by atoms with van der Waals surface area (Å²) < 4.78 is 12.9. The Morgan fingerprint density at radius 3 is 3.15 bits per heavy atom. The summed E-state index contributed by atoms with van der Waals surface area (Å²) in [5, 5.41) is 1.74. The fraction of sp³-hybridized carbons (Fsp3) is 0.300. The number of benzene rings is 1. The molecule has 0 aliphatic carbocycles. The maximum absolute atomic E-state index is 12.9. The highest BCUT2D eigenvalue weighted by molar-refractivity contribution is 5.23. The van der Waals surface area contributed by atoms with E-state index < -0.39 is 0 Å². The molecule has 0 bridgehead atoms. The van der Waals surface area contributed by atoms with Gasteiger partial charge < -0.3 is 4.90 Å². The standard InChI is InChI=1S/C10H11FN2/c1-13-5-4-12-10-3-2-9(11)6-8(10)7-13/h2-3,6-7H,4-5H2,1H3. The molecule has 1 heterocycles. The first-order valence-corrected chi connectivity index (χ1v) is 4.28. The monoisotopic (exact) mass is 178 g/mol. The van der Waals surface area contributed by atoms with Gasteiger partial charge in [0.25, 0.3) is 0 Å². The summed E-state index contributed by atoms with van der Waals surface area (Å²) in [6.45, 7) is 1.65. The molecule has 3 heteroatoms. The van der Waals surface area contributed by atoms with E-state index in [1.54, 1.807) is 6.07 Å². The molecule has 1 aliphatic heterocycles. The number of rotatable bonds is 0. The van der Waals surface area contributed by atoms with Gasteiger partial charge in [0.2, 0.25) is 0 Å². The van der Waals surface area contributed by atoms with Crippen LogP contribution in [0.4, 0.5) is 4.39 Å². The molecule has 0 unspecified atom stereocenters. The number of hydrogen-bond acceptors (Lipinski definition) is 2. The molecule has 68 valence electrons. The SMILES string of the molecule is CN1C=c2cc(F)ccc2=NCC1. The molecule has 1 aliphatic rings. The fourth-order valence-electron chi connectivity index (χ4n) is 1.40. The van der Waals surface area contributed by atoms with Crippen LogP contribution in [0.2, 0.25) is 0 Å². The highest BCUT2D eigenvalue weighted by Crippen LogP contribution is 1.90. The molecular weight excluding hydrogens is 167 g/mol. The number of fused-ring (bicyclic) bond motifs is 1. The first-order chi connectivity index (χ1) is 6.25. The Labute approximate surface area is 76.0 Å². The van der Waals surface area contributed by atoms with Crippen molar-refractivity contribution in [1.29, 1.82) is 0 Å². The molecule has 0 aromatic heterocycles. The number of nitrogens with zero attached hydrogens (tertiary/aromatic N) is 2. The van der Waals surface area contributed by atoms with Crippen molar-refractivity contribution in [2.45, 2.75) is 0 Å². The third-order valence-electron chi connectivity index (χ3n) is 2.08. The van der Waals surface area contributed by atoms with Crippen molar-refractivity contribution < 1.29 is 4.39 Å². The molecule has 2 rings (SSSR count). The minimum atomic E-state index is -0.208. The minimum absolute atomic E-state index is 0.208. The Morgan fingerprint density at radius 1 is 1.46 bits per heavy atom. The largest absolute Gasteiger partial charge is 0.378 e. The van der Waals surface area contributed by atoms with Crippen LogP contribution in [-0.4, -0.2) is 25.0 Å². The molecule has 0 saturated carbocycles. The highest BCUT2D eigenvalue weighted by Gasteiger charge is 1.98. The van der Waals surface area contributed by atoms with E-state index in [-0.39, 0.29) is 5.82 Å². The third-order valence-corrected chi connectivity index (χ3v) is 2.08. The van der Waals surface area contributed by atoms with Gasteiger partial charge in [-0.25, -0.2) is 4.39 Å².